The van der Waals surface area contributed by atoms with Gasteiger partial charge in [0.25, 0.3) is 0 Å². The number of nitrogens with zero attached hydrogens (tertiary/aromatic N) is 1. The van der Waals surface area contributed by atoms with Crippen LogP contribution in [0.15, 0.2) is 83.3 Å². The maximum absolute atomic E-state index is 13.5. The maximum atomic E-state index is 13.5. The van der Waals surface area contributed by atoms with Crippen molar-refractivity contribution in [2.24, 2.45) is 0 Å². The van der Waals surface area contributed by atoms with E-state index < -0.39 is 6.04 Å². The van der Waals surface area contributed by atoms with Crippen LogP contribution < -0.4 is 5.32 Å². The van der Waals surface area contributed by atoms with Crippen molar-refractivity contribution in [1.29, 1.82) is 0 Å². The molecule has 0 heterocycles. The molecule has 2 amide bonds. The molecule has 1 N–H and O–H groups in total. The average molecular weight is 540 g/mol. The van der Waals surface area contributed by atoms with Gasteiger partial charge in [-0.3, -0.25) is 9.59 Å². The minimum absolute atomic E-state index is 0.0372. The standard InChI is InChI=1S/C28H31BrN2O2S/c1-3-30-28(33)26(17-22-10-5-4-6-11-22)31(18-23-12-8-14-25(29)16-23)27(32)20-34-19-24-13-7-9-21(2)15-24/h4-16,26H,3,17-20H2,1-2H3,(H,30,33). The lowest BCUT2D eigenvalue weighted by molar-refractivity contribution is -0.139. The quantitative estimate of drug-likeness (QED) is 0.337. The van der Waals surface area contributed by atoms with Gasteiger partial charge in [0.2, 0.25) is 11.8 Å². The van der Waals surface area contributed by atoms with Crippen molar-refractivity contribution in [1.82, 2.24) is 10.2 Å². The summed E-state index contributed by atoms with van der Waals surface area (Å²) >= 11 is 5.10. The fourth-order valence-electron chi connectivity index (χ4n) is 3.82. The Balaban J connectivity index is 1.82. The van der Waals surface area contributed by atoms with Crippen molar-refractivity contribution < 1.29 is 9.59 Å². The predicted octanol–water partition coefficient (Wildman–Crippen LogP) is 5.77. The Morgan fingerprint density at radius 2 is 1.65 bits per heavy atom. The van der Waals surface area contributed by atoms with Crippen LogP contribution in [0.25, 0.3) is 0 Å². The molecule has 3 aromatic carbocycles. The van der Waals surface area contributed by atoms with Gasteiger partial charge < -0.3 is 10.2 Å². The summed E-state index contributed by atoms with van der Waals surface area (Å²) in [6.45, 7) is 4.86. The zero-order valence-corrected chi connectivity index (χ0v) is 22.1. The van der Waals surface area contributed by atoms with Crippen molar-refractivity contribution in [3.8, 4) is 0 Å². The van der Waals surface area contributed by atoms with E-state index in [-0.39, 0.29) is 11.8 Å². The Labute approximate surface area is 215 Å². The number of likely N-dealkylation sites (N-methyl/N-ethyl adjacent to an activating group) is 1. The molecular formula is C28H31BrN2O2S. The molecule has 3 rings (SSSR count). The average Bonchev–Trinajstić information content (AvgIpc) is 2.82. The molecule has 0 saturated carbocycles. The summed E-state index contributed by atoms with van der Waals surface area (Å²) in [6.07, 6.45) is 0.467. The van der Waals surface area contributed by atoms with Crippen molar-refractivity contribution in [3.05, 3.63) is 106 Å². The van der Waals surface area contributed by atoms with Gasteiger partial charge in [-0.25, -0.2) is 0 Å². The van der Waals surface area contributed by atoms with E-state index in [1.807, 2.05) is 67.6 Å². The van der Waals surface area contributed by atoms with E-state index in [1.165, 1.54) is 11.1 Å². The van der Waals surface area contributed by atoms with Gasteiger partial charge in [-0.15, -0.1) is 11.8 Å². The molecule has 0 spiro atoms. The van der Waals surface area contributed by atoms with Gasteiger partial charge in [-0.2, -0.15) is 0 Å². The summed E-state index contributed by atoms with van der Waals surface area (Å²) in [4.78, 5) is 28.4. The van der Waals surface area contributed by atoms with Crippen molar-refractivity contribution in [2.75, 3.05) is 12.3 Å². The molecule has 0 bridgehead atoms. The number of hydrogen-bond donors (Lipinski definition) is 1. The van der Waals surface area contributed by atoms with E-state index in [1.54, 1.807) is 16.7 Å². The summed E-state index contributed by atoms with van der Waals surface area (Å²) in [7, 11) is 0. The molecule has 0 fully saturated rings. The third kappa shape index (κ3) is 8.03. The summed E-state index contributed by atoms with van der Waals surface area (Å²) < 4.78 is 0.948. The monoisotopic (exact) mass is 538 g/mol. The zero-order valence-electron chi connectivity index (χ0n) is 19.7. The number of aryl methyl sites for hydroxylation is 1. The van der Waals surface area contributed by atoms with Crippen LogP contribution >= 0.6 is 27.7 Å². The van der Waals surface area contributed by atoms with Crippen LogP contribution in [0.3, 0.4) is 0 Å². The Morgan fingerprint density at radius 1 is 0.941 bits per heavy atom. The van der Waals surface area contributed by atoms with Gasteiger partial charge >= 0.3 is 0 Å². The molecule has 3 aromatic rings. The summed E-state index contributed by atoms with van der Waals surface area (Å²) in [5, 5.41) is 2.94. The second-order valence-corrected chi connectivity index (χ2v) is 10.1. The maximum Gasteiger partial charge on any atom is 0.243 e. The van der Waals surface area contributed by atoms with E-state index in [0.717, 1.165) is 21.4 Å². The number of halogens is 1. The molecule has 34 heavy (non-hydrogen) atoms. The highest BCUT2D eigenvalue weighted by atomic mass is 79.9. The van der Waals surface area contributed by atoms with Gasteiger partial charge in [0, 0.05) is 29.7 Å². The van der Waals surface area contributed by atoms with E-state index >= 15 is 0 Å². The van der Waals surface area contributed by atoms with Gasteiger partial charge in [-0.05, 0) is 42.7 Å². The Kier molecular flexibility index (Phi) is 10.2. The second-order valence-electron chi connectivity index (χ2n) is 8.23. The van der Waals surface area contributed by atoms with Gasteiger partial charge in [0.1, 0.15) is 6.04 Å². The number of hydrogen-bond acceptors (Lipinski definition) is 3. The van der Waals surface area contributed by atoms with Crippen LogP contribution in [0.1, 0.15) is 29.2 Å². The van der Waals surface area contributed by atoms with E-state index in [9.17, 15) is 9.59 Å². The molecule has 0 saturated heterocycles. The topological polar surface area (TPSA) is 49.4 Å². The minimum Gasteiger partial charge on any atom is -0.355 e. The predicted molar refractivity (Wildman–Crippen MR) is 145 cm³/mol. The third-order valence-electron chi connectivity index (χ3n) is 5.44. The number of benzene rings is 3. The fraction of sp³-hybridized carbons (Fsp3) is 0.286. The minimum atomic E-state index is -0.589. The Bertz CT molecular complexity index is 1090. The van der Waals surface area contributed by atoms with Crippen LogP contribution in [-0.4, -0.2) is 35.1 Å². The van der Waals surface area contributed by atoms with Crippen LogP contribution in [0, 0.1) is 6.92 Å². The lowest BCUT2D eigenvalue weighted by atomic mass is 10.0. The molecule has 0 aromatic heterocycles. The first-order valence-electron chi connectivity index (χ1n) is 11.4. The van der Waals surface area contributed by atoms with Gasteiger partial charge in [0.05, 0.1) is 5.75 Å². The molecule has 4 nitrogen and oxygen atoms in total. The summed E-state index contributed by atoms with van der Waals surface area (Å²) in [5.74, 6) is 0.901. The Hall–Kier alpha value is -2.57. The molecule has 1 atom stereocenters. The molecule has 0 aliphatic heterocycles. The first-order chi connectivity index (χ1) is 16.5. The number of amides is 2. The zero-order chi connectivity index (χ0) is 24.3. The SMILES string of the molecule is CCNC(=O)C(Cc1ccccc1)N(Cc1cccc(Br)c1)C(=O)CSCc1cccc(C)c1. The normalized spacial score (nSPS) is 11.6. The highest BCUT2D eigenvalue weighted by Gasteiger charge is 2.30. The molecule has 0 aliphatic rings. The number of carbonyl (C=O) groups is 2. The number of nitrogens with one attached hydrogen (secondary N) is 1. The number of thioether (sulfide) groups is 1. The largest absolute Gasteiger partial charge is 0.355 e. The third-order valence-corrected chi connectivity index (χ3v) is 6.92. The first kappa shape index (κ1) is 26.0. The van der Waals surface area contributed by atoms with Crippen molar-refractivity contribution in [3.63, 3.8) is 0 Å². The van der Waals surface area contributed by atoms with E-state index in [0.29, 0.717) is 25.3 Å². The Morgan fingerprint density at radius 3 is 2.35 bits per heavy atom. The molecule has 6 heteroatoms. The second kappa shape index (κ2) is 13.4. The number of rotatable bonds is 11. The molecule has 1 unspecified atom stereocenters. The van der Waals surface area contributed by atoms with Crippen LogP contribution in [-0.2, 0) is 28.3 Å². The van der Waals surface area contributed by atoms with Gasteiger partial charge in [0.15, 0.2) is 0 Å². The van der Waals surface area contributed by atoms with E-state index in [2.05, 4.69) is 46.4 Å². The first-order valence-corrected chi connectivity index (χ1v) is 13.4. The fourth-order valence-corrected chi connectivity index (χ4v) is 5.12. The molecule has 178 valence electrons. The highest BCUT2D eigenvalue weighted by molar-refractivity contribution is 9.10. The number of carbonyl (C=O) groups excluding carboxylic acids is 2. The van der Waals surface area contributed by atoms with E-state index in [4.69, 9.17) is 0 Å². The smallest absolute Gasteiger partial charge is 0.243 e. The lowest BCUT2D eigenvalue weighted by Crippen LogP contribution is -2.51. The lowest BCUT2D eigenvalue weighted by Gasteiger charge is -2.31. The van der Waals surface area contributed by atoms with Crippen LogP contribution in [0.5, 0.6) is 0 Å². The molecule has 0 aliphatic carbocycles. The van der Waals surface area contributed by atoms with Crippen molar-refractivity contribution in [2.45, 2.75) is 38.6 Å². The van der Waals surface area contributed by atoms with Crippen molar-refractivity contribution >= 4 is 39.5 Å². The van der Waals surface area contributed by atoms with Gasteiger partial charge in [-0.1, -0.05) is 88.2 Å². The highest BCUT2D eigenvalue weighted by Crippen LogP contribution is 2.20. The molecule has 0 radical (unpaired) electrons. The molecular weight excluding hydrogens is 508 g/mol. The summed E-state index contributed by atoms with van der Waals surface area (Å²) in [6, 6.07) is 25.5. The summed E-state index contributed by atoms with van der Waals surface area (Å²) in [5.41, 5.74) is 4.41. The van der Waals surface area contributed by atoms with Crippen LogP contribution in [0.4, 0.5) is 0 Å². The van der Waals surface area contributed by atoms with Crippen LogP contribution in [0.2, 0.25) is 0 Å².